The maximum Gasteiger partial charge on any atom is 0.142 e. The molecule has 0 radical (unpaired) electrons. The average Bonchev–Trinajstić information content (AvgIpc) is 2.41. The van der Waals surface area contributed by atoms with Crippen LogP contribution in [0, 0.1) is 5.82 Å². The van der Waals surface area contributed by atoms with Gasteiger partial charge in [0, 0.05) is 5.56 Å². The molecule has 0 amide bonds. The van der Waals surface area contributed by atoms with Crippen molar-refractivity contribution in [1.82, 2.24) is 0 Å². The first-order chi connectivity index (χ1) is 9.08. The molecule has 0 bridgehead atoms. The highest BCUT2D eigenvalue weighted by Gasteiger charge is 2.06. The lowest BCUT2D eigenvalue weighted by Gasteiger charge is -2.09. The molecule has 0 saturated carbocycles. The van der Waals surface area contributed by atoms with E-state index in [9.17, 15) is 9.50 Å². The van der Waals surface area contributed by atoms with Gasteiger partial charge in [-0.25, -0.2) is 4.39 Å². The fourth-order valence-corrected chi connectivity index (χ4v) is 1.84. The molecule has 0 spiro atoms. The zero-order chi connectivity index (χ0) is 13.8. The summed E-state index contributed by atoms with van der Waals surface area (Å²) in [5, 5.41) is 9.48. The van der Waals surface area contributed by atoms with Crippen molar-refractivity contribution in [3.8, 4) is 5.75 Å². The van der Waals surface area contributed by atoms with Gasteiger partial charge in [0.05, 0.1) is 11.1 Å². The molecule has 0 heterocycles. The molecule has 1 N–H and O–H groups in total. The summed E-state index contributed by atoms with van der Waals surface area (Å²) >= 11 is 5.84. The summed E-state index contributed by atoms with van der Waals surface area (Å²) in [6.07, 6.45) is -0.508. The second-order valence-electron chi connectivity index (χ2n) is 4.25. The Hall–Kier alpha value is -1.58. The number of hydrogen-bond acceptors (Lipinski definition) is 2. The van der Waals surface area contributed by atoms with Crippen molar-refractivity contribution in [2.24, 2.45) is 0 Å². The number of hydrogen-bond donors (Lipinski definition) is 1. The molecule has 2 nitrogen and oxygen atoms in total. The Morgan fingerprint density at radius 1 is 1.21 bits per heavy atom. The van der Waals surface area contributed by atoms with Crippen LogP contribution in [0.15, 0.2) is 42.5 Å². The molecular formula is C15H14ClFO2. The smallest absolute Gasteiger partial charge is 0.142 e. The minimum absolute atomic E-state index is 0.0862. The molecule has 0 aromatic heterocycles. The molecule has 100 valence electrons. The van der Waals surface area contributed by atoms with Crippen LogP contribution < -0.4 is 4.74 Å². The number of aliphatic hydroxyl groups is 1. The second-order valence-corrected chi connectivity index (χ2v) is 4.62. The molecule has 2 rings (SSSR count). The van der Waals surface area contributed by atoms with E-state index in [-0.39, 0.29) is 11.6 Å². The van der Waals surface area contributed by atoms with Gasteiger partial charge in [0.15, 0.2) is 0 Å². The Morgan fingerprint density at radius 3 is 2.53 bits per heavy atom. The van der Waals surface area contributed by atoms with Gasteiger partial charge >= 0.3 is 0 Å². The monoisotopic (exact) mass is 280 g/mol. The quantitative estimate of drug-likeness (QED) is 0.913. The maximum absolute atomic E-state index is 13.2. The number of aliphatic hydroxyl groups excluding tert-OH is 1. The lowest BCUT2D eigenvalue weighted by Crippen LogP contribution is -1.98. The van der Waals surface area contributed by atoms with Crippen molar-refractivity contribution in [3.63, 3.8) is 0 Å². The number of halogens is 2. The van der Waals surface area contributed by atoms with Gasteiger partial charge in [-0.1, -0.05) is 35.9 Å². The predicted octanol–water partition coefficient (Wildman–Crippen LogP) is 4.11. The summed E-state index contributed by atoms with van der Waals surface area (Å²) in [7, 11) is 0. The third-order valence-corrected chi connectivity index (χ3v) is 3.21. The molecule has 0 unspecified atom stereocenters. The van der Waals surface area contributed by atoms with E-state index < -0.39 is 11.9 Å². The third kappa shape index (κ3) is 3.46. The van der Waals surface area contributed by atoms with Crippen LogP contribution in [0.2, 0.25) is 5.02 Å². The minimum atomic E-state index is -0.508. The van der Waals surface area contributed by atoms with Gasteiger partial charge in [-0.15, -0.1) is 0 Å². The fraction of sp³-hybridized carbons (Fsp3) is 0.200. The Bertz CT molecular complexity index is 553. The topological polar surface area (TPSA) is 29.5 Å². The zero-order valence-corrected chi connectivity index (χ0v) is 11.2. The third-order valence-electron chi connectivity index (χ3n) is 2.79. The summed E-state index contributed by atoms with van der Waals surface area (Å²) < 4.78 is 18.8. The summed E-state index contributed by atoms with van der Waals surface area (Å²) in [5.74, 6) is 0.192. The van der Waals surface area contributed by atoms with Gasteiger partial charge in [-0.3, -0.25) is 0 Å². The minimum Gasteiger partial charge on any atom is -0.489 e. The lowest BCUT2D eigenvalue weighted by molar-refractivity contribution is 0.199. The van der Waals surface area contributed by atoms with Gasteiger partial charge < -0.3 is 9.84 Å². The number of rotatable bonds is 4. The van der Waals surface area contributed by atoms with Crippen LogP contribution in [0.5, 0.6) is 5.75 Å². The van der Waals surface area contributed by atoms with E-state index in [0.717, 1.165) is 5.56 Å². The van der Waals surface area contributed by atoms with E-state index in [1.165, 1.54) is 6.07 Å². The van der Waals surface area contributed by atoms with Crippen molar-refractivity contribution in [2.45, 2.75) is 19.6 Å². The van der Waals surface area contributed by atoms with Crippen molar-refractivity contribution in [1.29, 1.82) is 0 Å². The normalized spacial score (nSPS) is 12.2. The standard InChI is InChI=1S/C15H14ClFO2/c1-10(18)11-5-7-13(8-6-11)19-9-12-3-2-4-14(17)15(12)16/h2-8,10,18H,9H2,1H3/t10-/m0/s1. The van der Waals surface area contributed by atoms with Crippen LogP contribution in [-0.2, 0) is 6.61 Å². The van der Waals surface area contributed by atoms with Gasteiger partial charge in [0.25, 0.3) is 0 Å². The van der Waals surface area contributed by atoms with E-state index in [2.05, 4.69) is 0 Å². The van der Waals surface area contributed by atoms with Crippen molar-refractivity contribution in [3.05, 3.63) is 64.4 Å². The van der Waals surface area contributed by atoms with Crippen LogP contribution in [0.4, 0.5) is 4.39 Å². The first-order valence-electron chi connectivity index (χ1n) is 5.91. The van der Waals surface area contributed by atoms with E-state index in [4.69, 9.17) is 16.3 Å². The molecule has 0 aliphatic carbocycles. The number of benzene rings is 2. The highest BCUT2D eigenvalue weighted by Crippen LogP contribution is 2.22. The highest BCUT2D eigenvalue weighted by atomic mass is 35.5. The van der Waals surface area contributed by atoms with Crippen LogP contribution in [0.1, 0.15) is 24.2 Å². The Kier molecular flexibility index (Phi) is 4.40. The van der Waals surface area contributed by atoms with Gasteiger partial charge in [-0.05, 0) is 30.7 Å². The molecule has 0 saturated heterocycles. The van der Waals surface area contributed by atoms with E-state index in [0.29, 0.717) is 11.3 Å². The van der Waals surface area contributed by atoms with Gasteiger partial charge in [-0.2, -0.15) is 0 Å². The van der Waals surface area contributed by atoms with E-state index in [1.54, 1.807) is 43.3 Å². The highest BCUT2D eigenvalue weighted by molar-refractivity contribution is 6.31. The molecule has 0 aliphatic rings. The van der Waals surface area contributed by atoms with Crippen LogP contribution in [0.25, 0.3) is 0 Å². The lowest BCUT2D eigenvalue weighted by atomic mass is 10.1. The summed E-state index contributed by atoms with van der Waals surface area (Å²) in [4.78, 5) is 0. The second kappa shape index (κ2) is 6.04. The van der Waals surface area contributed by atoms with Crippen LogP contribution in [-0.4, -0.2) is 5.11 Å². The molecular weight excluding hydrogens is 267 g/mol. The van der Waals surface area contributed by atoms with Crippen LogP contribution in [0.3, 0.4) is 0 Å². The van der Waals surface area contributed by atoms with Gasteiger partial charge in [0.2, 0.25) is 0 Å². The SMILES string of the molecule is C[C@H](O)c1ccc(OCc2cccc(F)c2Cl)cc1. The molecule has 4 heteroatoms. The molecule has 0 fully saturated rings. The largest absolute Gasteiger partial charge is 0.489 e. The van der Waals surface area contributed by atoms with Gasteiger partial charge in [0.1, 0.15) is 18.2 Å². The molecule has 2 aromatic rings. The Labute approximate surface area is 116 Å². The van der Waals surface area contributed by atoms with Crippen LogP contribution >= 0.6 is 11.6 Å². The Morgan fingerprint density at radius 2 is 1.89 bits per heavy atom. The van der Waals surface area contributed by atoms with Crippen molar-refractivity contribution < 1.29 is 14.2 Å². The summed E-state index contributed by atoms with van der Waals surface area (Å²) in [6, 6.07) is 11.7. The van der Waals surface area contributed by atoms with E-state index >= 15 is 0 Å². The first-order valence-corrected chi connectivity index (χ1v) is 6.29. The molecule has 1 atom stereocenters. The number of ether oxygens (including phenoxy) is 1. The Balaban J connectivity index is 2.04. The zero-order valence-electron chi connectivity index (χ0n) is 10.4. The maximum atomic E-state index is 13.2. The fourth-order valence-electron chi connectivity index (χ4n) is 1.66. The van der Waals surface area contributed by atoms with E-state index in [1.807, 2.05) is 0 Å². The summed E-state index contributed by atoms with van der Waals surface area (Å²) in [6.45, 7) is 1.90. The summed E-state index contributed by atoms with van der Waals surface area (Å²) in [5.41, 5.74) is 1.41. The first kappa shape index (κ1) is 13.8. The molecule has 19 heavy (non-hydrogen) atoms. The van der Waals surface area contributed by atoms with Crippen molar-refractivity contribution >= 4 is 11.6 Å². The molecule has 0 aliphatic heterocycles. The molecule has 2 aromatic carbocycles. The van der Waals surface area contributed by atoms with Crippen molar-refractivity contribution in [2.75, 3.05) is 0 Å². The average molecular weight is 281 g/mol. The predicted molar refractivity (Wildman–Crippen MR) is 72.8 cm³/mol.